The van der Waals surface area contributed by atoms with Crippen LogP contribution in [0.1, 0.15) is 25.7 Å². The van der Waals surface area contributed by atoms with Gasteiger partial charge in [0.05, 0.1) is 0 Å². The fourth-order valence-corrected chi connectivity index (χ4v) is 3.30. The standard InChI is InChI=1S/C16H19ClN8/c17-9-4-3-5-10(8-9)19-14-13-15(24-25-23-13)22-16(21-14)20-12-7-2-1-6-11(12)18/h3-5,8,11-12H,1-2,6-7,18H2,(H3,19,20,21,22,23,24,25). The zero-order valence-corrected chi connectivity index (χ0v) is 14.3. The molecule has 0 saturated heterocycles. The largest absolute Gasteiger partial charge is 0.350 e. The van der Waals surface area contributed by atoms with E-state index in [0.717, 1.165) is 24.9 Å². The highest BCUT2D eigenvalue weighted by atomic mass is 35.5. The molecule has 8 nitrogen and oxygen atoms in total. The summed E-state index contributed by atoms with van der Waals surface area (Å²) in [5.41, 5.74) is 8.16. The minimum atomic E-state index is 0.109. The minimum Gasteiger partial charge on any atom is -0.350 e. The van der Waals surface area contributed by atoms with Crippen molar-refractivity contribution in [3.05, 3.63) is 29.3 Å². The van der Waals surface area contributed by atoms with Crippen LogP contribution in [0.2, 0.25) is 5.02 Å². The molecule has 0 amide bonds. The van der Waals surface area contributed by atoms with Crippen LogP contribution in [0.3, 0.4) is 0 Å². The molecule has 2 aromatic heterocycles. The van der Waals surface area contributed by atoms with Crippen LogP contribution >= 0.6 is 11.6 Å². The number of hydrogen-bond donors (Lipinski definition) is 4. The third kappa shape index (κ3) is 3.49. The van der Waals surface area contributed by atoms with Crippen molar-refractivity contribution >= 4 is 40.2 Å². The van der Waals surface area contributed by atoms with Crippen molar-refractivity contribution in [1.29, 1.82) is 0 Å². The first-order chi connectivity index (χ1) is 12.2. The summed E-state index contributed by atoms with van der Waals surface area (Å²) < 4.78 is 0. The zero-order chi connectivity index (χ0) is 17.2. The Hall–Kier alpha value is -2.45. The van der Waals surface area contributed by atoms with E-state index in [1.807, 2.05) is 24.3 Å². The summed E-state index contributed by atoms with van der Waals surface area (Å²) in [6.07, 6.45) is 4.36. The third-order valence-electron chi connectivity index (χ3n) is 4.41. The van der Waals surface area contributed by atoms with E-state index in [9.17, 15) is 0 Å². The van der Waals surface area contributed by atoms with Gasteiger partial charge in [-0.15, -0.1) is 5.10 Å². The molecule has 0 bridgehead atoms. The van der Waals surface area contributed by atoms with Gasteiger partial charge in [0.15, 0.2) is 17.0 Å². The third-order valence-corrected chi connectivity index (χ3v) is 4.65. The number of hydrogen-bond acceptors (Lipinski definition) is 7. The number of halogens is 1. The summed E-state index contributed by atoms with van der Waals surface area (Å²) in [6, 6.07) is 7.68. The Kier molecular flexibility index (Phi) is 4.37. The Labute approximate surface area is 149 Å². The number of aromatic amines is 1. The zero-order valence-electron chi connectivity index (χ0n) is 13.5. The molecule has 0 spiro atoms. The van der Waals surface area contributed by atoms with Gasteiger partial charge in [-0.2, -0.15) is 9.97 Å². The van der Waals surface area contributed by atoms with Crippen LogP contribution in [0.4, 0.5) is 17.5 Å². The van der Waals surface area contributed by atoms with Crippen molar-refractivity contribution in [3.8, 4) is 0 Å². The lowest BCUT2D eigenvalue weighted by atomic mass is 9.91. The molecule has 1 fully saturated rings. The van der Waals surface area contributed by atoms with Crippen molar-refractivity contribution in [2.75, 3.05) is 10.6 Å². The second-order valence-corrected chi connectivity index (χ2v) is 6.68. The summed E-state index contributed by atoms with van der Waals surface area (Å²) >= 11 is 6.05. The molecular weight excluding hydrogens is 340 g/mol. The van der Waals surface area contributed by atoms with E-state index in [4.69, 9.17) is 17.3 Å². The number of benzene rings is 1. The molecule has 0 aliphatic heterocycles. The quantitative estimate of drug-likeness (QED) is 0.566. The first-order valence-corrected chi connectivity index (χ1v) is 8.70. The van der Waals surface area contributed by atoms with Gasteiger partial charge < -0.3 is 16.4 Å². The highest BCUT2D eigenvalue weighted by Crippen LogP contribution is 2.25. The average molecular weight is 359 g/mol. The van der Waals surface area contributed by atoms with Gasteiger partial charge in [0.1, 0.15) is 0 Å². The average Bonchev–Trinajstić information content (AvgIpc) is 3.06. The van der Waals surface area contributed by atoms with E-state index in [2.05, 4.69) is 36.0 Å². The Bertz CT molecular complexity index is 879. The fourth-order valence-electron chi connectivity index (χ4n) is 3.11. The van der Waals surface area contributed by atoms with E-state index < -0.39 is 0 Å². The molecule has 1 aromatic carbocycles. The molecule has 25 heavy (non-hydrogen) atoms. The number of H-pyrrole nitrogens is 1. The van der Waals surface area contributed by atoms with Gasteiger partial charge in [0.2, 0.25) is 5.95 Å². The van der Waals surface area contributed by atoms with Gasteiger partial charge in [0.25, 0.3) is 0 Å². The van der Waals surface area contributed by atoms with Crippen LogP contribution in [0.5, 0.6) is 0 Å². The van der Waals surface area contributed by atoms with E-state index in [1.54, 1.807) is 0 Å². The lowest BCUT2D eigenvalue weighted by Gasteiger charge is -2.29. The van der Waals surface area contributed by atoms with Gasteiger partial charge in [-0.1, -0.05) is 35.7 Å². The lowest BCUT2D eigenvalue weighted by Crippen LogP contribution is -2.43. The molecule has 2 heterocycles. The Morgan fingerprint density at radius 2 is 2.08 bits per heavy atom. The molecule has 5 N–H and O–H groups in total. The summed E-state index contributed by atoms with van der Waals surface area (Å²) in [6.45, 7) is 0. The highest BCUT2D eigenvalue weighted by Gasteiger charge is 2.23. The first kappa shape index (κ1) is 16.0. The maximum absolute atomic E-state index is 6.22. The van der Waals surface area contributed by atoms with Crippen LogP contribution in [0, 0.1) is 0 Å². The van der Waals surface area contributed by atoms with Crippen LogP contribution in [-0.4, -0.2) is 37.5 Å². The predicted molar refractivity (Wildman–Crippen MR) is 98.1 cm³/mol. The maximum atomic E-state index is 6.22. The normalized spacial score (nSPS) is 20.6. The molecule has 1 aliphatic carbocycles. The SMILES string of the molecule is NC1CCCCC1Nc1nc(Nc2cccc(Cl)c2)c2nn[nH]c2n1. The Balaban J connectivity index is 1.65. The molecule has 2 atom stereocenters. The molecule has 4 rings (SSSR count). The summed E-state index contributed by atoms with van der Waals surface area (Å²) in [7, 11) is 0. The Morgan fingerprint density at radius 3 is 2.92 bits per heavy atom. The number of nitrogens with one attached hydrogen (secondary N) is 3. The van der Waals surface area contributed by atoms with Crippen molar-refractivity contribution < 1.29 is 0 Å². The minimum absolute atomic E-state index is 0.109. The number of anilines is 3. The highest BCUT2D eigenvalue weighted by molar-refractivity contribution is 6.30. The second-order valence-electron chi connectivity index (χ2n) is 6.24. The van der Waals surface area contributed by atoms with Gasteiger partial charge >= 0.3 is 0 Å². The first-order valence-electron chi connectivity index (χ1n) is 8.32. The van der Waals surface area contributed by atoms with E-state index in [-0.39, 0.29) is 12.1 Å². The fraction of sp³-hybridized carbons (Fsp3) is 0.375. The Morgan fingerprint density at radius 1 is 1.20 bits per heavy atom. The van der Waals surface area contributed by atoms with E-state index in [1.165, 1.54) is 6.42 Å². The maximum Gasteiger partial charge on any atom is 0.227 e. The van der Waals surface area contributed by atoms with Crippen molar-refractivity contribution in [2.24, 2.45) is 5.73 Å². The molecule has 130 valence electrons. The van der Waals surface area contributed by atoms with Crippen LogP contribution in [0.25, 0.3) is 11.2 Å². The van der Waals surface area contributed by atoms with Crippen LogP contribution < -0.4 is 16.4 Å². The topological polar surface area (TPSA) is 117 Å². The molecule has 3 aromatic rings. The van der Waals surface area contributed by atoms with Gasteiger partial charge in [-0.3, -0.25) is 0 Å². The lowest BCUT2D eigenvalue weighted by molar-refractivity contribution is 0.402. The number of rotatable bonds is 4. The van der Waals surface area contributed by atoms with Crippen molar-refractivity contribution in [1.82, 2.24) is 25.4 Å². The number of fused-ring (bicyclic) bond motifs is 1. The van der Waals surface area contributed by atoms with E-state index >= 15 is 0 Å². The molecule has 2 unspecified atom stereocenters. The van der Waals surface area contributed by atoms with Crippen molar-refractivity contribution in [2.45, 2.75) is 37.8 Å². The number of nitrogens with two attached hydrogens (primary N) is 1. The van der Waals surface area contributed by atoms with Gasteiger partial charge in [-0.05, 0) is 31.0 Å². The smallest absolute Gasteiger partial charge is 0.227 e. The second kappa shape index (κ2) is 6.81. The monoisotopic (exact) mass is 358 g/mol. The molecule has 9 heteroatoms. The van der Waals surface area contributed by atoms with Gasteiger partial charge in [0, 0.05) is 22.8 Å². The number of nitrogens with zero attached hydrogens (tertiary/aromatic N) is 4. The summed E-state index contributed by atoms with van der Waals surface area (Å²) in [5.74, 6) is 1.07. The molecule has 0 radical (unpaired) electrons. The summed E-state index contributed by atoms with van der Waals surface area (Å²) in [4.78, 5) is 9.03. The van der Waals surface area contributed by atoms with Crippen LogP contribution in [-0.2, 0) is 0 Å². The van der Waals surface area contributed by atoms with Crippen molar-refractivity contribution in [3.63, 3.8) is 0 Å². The molecule has 1 aliphatic rings. The summed E-state index contributed by atoms with van der Waals surface area (Å²) in [5, 5.41) is 17.9. The van der Waals surface area contributed by atoms with E-state index in [0.29, 0.717) is 28.0 Å². The molecular formula is C16H19ClN8. The van der Waals surface area contributed by atoms with Gasteiger partial charge in [-0.25, -0.2) is 5.10 Å². The van der Waals surface area contributed by atoms with Crippen LogP contribution in [0.15, 0.2) is 24.3 Å². The predicted octanol–water partition coefficient (Wildman–Crippen LogP) is 2.83. The number of aromatic nitrogens is 5. The molecule has 1 saturated carbocycles.